The molecule has 0 aliphatic carbocycles. The van der Waals surface area contributed by atoms with Crippen LogP contribution in [0, 0.1) is 0 Å². The van der Waals surface area contributed by atoms with Gasteiger partial charge in [0.05, 0.1) is 18.3 Å². The van der Waals surface area contributed by atoms with Crippen LogP contribution in [0.1, 0.15) is 39.3 Å². The van der Waals surface area contributed by atoms with E-state index in [1.165, 1.54) is 6.33 Å². The van der Waals surface area contributed by atoms with Crippen LogP contribution < -0.4 is 10.1 Å². The first kappa shape index (κ1) is 18.4. The largest absolute Gasteiger partial charge is 0.494 e. The van der Waals surface area contributed by atoms with Crippen LogP contribution in [0.25, 0.3) is 0 Å². The van der Waals surface area contributed by atoms with Gasteiger partial charge >= 0.3 is 5.97 Å². The van der Waals surface area contributed by atoms with Crippen molar-refractivity contribution < 1.29 is 14.3 Å². The van der Waals surface area contributed by atoms with Crippen LogP contribution in [0.4, 0.5) is 5.95 Å². The Morgan fingerprint density at radius 1 is 1.42 bits per heavy atom. The molecule has 8 heteroatoms. The number of aromatic nitrogens is 3. The number of nitrogens with zero attached hydrogens (tertiary/aromatic N) is 3. The van der Waals surface area contributed by atoms with Gasteiger partial charge in [-0.15, -0.1) is 0 Å². The van der Waals surface area contributed by atoms with E-state index >= 15 is 0 Å². The van der Waals surface area contributed by atoms with Gasteiger partial charge < -0.3 is 14.8 Å². The zero-order chi connectivity index (χ0) is 18.8. The van der Waals surface area contributed by atoms with Crippen molar-refractivity contribution in [3.8, 4) is 5.75 Å². The highest BCUT2D eigenvalue weighted by Gasteiger charge is 2.36. The molecule has 1 aromatic carbocycles. The minimum atomic E-state index is -0.501. The molecule has 1 aromatic heterocycles. The number of esters is 1. The molecule has 1 aliphatic heterocycles. The van der Waals surface area contributed by atoms with Gasteiger partial charge in [-0.1, -0.05) is 15.9 Å². The first-order valence-corrected chi connectivity index (χ1v) is 9.22. The minimum Gasteiger partial charge on any atom is -0.494 e. The molecule has 3 rings (SSSR count). The summed E-state index contributed by atoms with van der Waals surface area (Å²) < 4.78 is 13.8. The molecule has 1 N–H and O–H groups in total. The van der Waals surface area contributed by atoms with Crippen LogP contribution in [0.5, 0.6) is 5.75 Å². The van der Waals surface area contributed by atoms with Crippen LogP contribution in [-0.4, -0.2) is 33.4 Å². The average Bonchev–Trinajstić information content (AvgIpc) is 3.02. The molecule has 1 atom stereocenters. The van der Waals surface area contributed by atoms with Gasteiger partial charge in [0.25, 0.3) is 0 Å². The van der Waals surface area contributed by atoms with Gasteiger partial charge in [0, 0.05) is 15.7 Å². The Bertz CT molecular complexity index is 860. The second-order valence-electron chi connectivity index (χ2n) is 6.16. The maximum atomic E-state index is 12.9. The molecule has 0 spiro atoms. The number of carbonyl (C=O) groups excluding carboxylic acids is 1. The lowest BCUT2D eigenvalue weighted by Crippen LogP contribution is -2.31. The number of anilines is 1. The molecule has 2 heterocycles. The number of carbonyl (C=O) groups is 1. The molecule has 7 nitrogen and oxygen atoms in total. The lowest BCUT2D eigenvalue weighted by atomic mass is 9.95. The van der Waals surface area contributed by atoms with E-state index in [-0.39, 0.29) is 6.10 Å². The van der Waals surface area contributed by atoms with E-state index in [1.807, 2.05) is 45.9 Å². The number of hydrogen-bond donors (Lipinski definition) is 1. The third-order valence-corrected chi connectivity index (χ3v) is 4.42. The summed E-state index contributed by atoms with van der Waals surface area (Å²) in [4.78, 5) is 17.1. The molecule has 1 aliphatic rings. The van der Waals surface area contributed by atoms with E-state index in [4.69, 9.17) is 9.47 Å². The Kier molecular flexibility index (Phi) is 5.31. The number of fused-ring (bicyclic) bond motifs is 1. The van der Waals surface area contributed by atoms with Crippen molar-refractivity contribution in [2.75, 3.05) is 11.9 Å². The van der Waals surface area contributed by atoms with Gasteiger partial charge in [0.15, 0.2) is 0 Å². The van der Waals surface area contributed by atoms with Crippen molar-refractivity contribution in [3.63, 3.8) is 0 Å². The van der Waals surface area contributed by atoms with E-state index in [1.54, 1.807) is 4.68 Å². The number of rotatable bonds is 5. The molecular weight excluding hydrogens is 400 g/mol. The van der Waals surface area contributed by atoms with Crippen LogP contribution in [0.15, 0.2) is 40.3 Å². The summed E-state index contributed by atoms with van der Waals surface area (Å²) in [5.74, 6) is 0.862. The van der Waals surface area contributed by atoms with Crippen LogP contribution in [0.2, 0.25) is 0 Å². The molecule has 26 heavy (non-hydrogen) atoms. The molecule has 0 amide bonds. The lowest BCUT2D eigenvalue weighted by molar-refractivity contribution is -0.143. The number of allylic oxidation sites excluding steroid dienone is 1. The second kappa shape index (κ2) is 7.49. The molecule has 1 unspecified atom stereocenters. The molecule has 2 aromatic rings. The number of nitrogens with one attached hydrogen (secondary N) is 1. The first-order valence-electron chi connectivity index (χ1n) is 8.42. The first-order chi connectivity index (χ1) is 12.4. The zero-order valence-electron chi connectivity index (χ0n) is 15.1. The molecule has 0 saturated heterocycles. The number of benzene rings is 1. The summed E-state index contributed by atoms with van der Waals surface area (Å²) in [7, 11) is 0. The third kappa shape index (κ3) is 3.46. The van der Waals surface area contributed by atoms with Gasteiger partial charge in [0.2, 0.25) is 5.95 Å². The fraction of sp³-hybridized carbons (Fsp3) is 0.389. The van der Waals surface area contributed by atoms with Crippen molar-refractivity contribution >= 4 is 27.8 Å². The summed E-state index contributed by atoms with van der Waals surface area (Å²) in [6, 6.07) is 5.21. The van der Waals surface area contributed by atoms with Crippen molar-refractivity contribution in [3.05, 3.63) is 45.8 Å². The maximum Gasteiger partial charge on any atom is 0.338 e. The Labute approximate surface area is 160 Å². The summed E-state index contributed by atoms with van der Waals surface area (Å²) in [5.41, 5.74) is 1.98. The number of halogens is 1. The molecule has 0 saturated carbocycles. The molecule has 138 valence electrons. The van der Waals surface area contributed by atoms with E-state index < -0.39 is 12.0 Å². The van der Waals surface area contributed by atoms with Crippen molar-refractivity contribution in [1.29, 1.82) is 0 Å². The van der Waals surface area contributed by atoms with Crippen LogP contribution in [0.3, 0.4) is 0 Å². The maximum absolute atomic E-state index is 12.9. The van der Waals surface area contributed by atoms with Gasteiger partial charge in [-0.2, -0.15) is 10.1 Å². The fourth-order valence-electron chi connectivity index (χ4n) is 2.94. The summed E-state index contributed by atoms with van der Waals surface area (Å²) >= 11 is 3.51. The molecule has 0 bridgehead atoms. The van der Waals surface area contributed by atoms with E-state index in [0.717, 1.165) is 10.0 Å². The Balaban J connectivity index is 2.18. The highest BCUT2D eigenvalue weighted by molar-refractivity contribution is 9.10. The monoisotopic (exact) mass is 420 g/mol. The van der Waals surface area contributed by atoms with Gasteiger partial charge in [-0.05, 0) is 45.9 Å². The Hall–Kier alpha value is -2.35. The summed E-state index contributed by atoms with van der Waals surface area (Å²) in [6.45, 7) is 7.91. The Morgan fingerprint density at radius 2 is 2.19 bits per heavy atom. The van der Waals surface area contributed by atoms with Crippen LogP contribution >= 0.6 is 15.9 Å². The van der Waals surface area contributed by atoms with Crippen LogP contribution in [-0.2, 0) is 9.53 Å². The summed E-state index contributed by atoms with van der Waals surface area (Å²) in [6.07, 6.45) is 1.23. The quantitative estimate of drug-likeness (QED) is 0.743. The molecule has 0 radical (unpaired) electrons. The van der Waals surface area contributed by atoms with E-state index in [2.05, 4.69) is 31.3 Å². The van der Waals surface area contributed by atoms with Crippen molar-refractivity contribution in [1.82, 2.24) is 14.8 Å². The lowest BCUT2D eigenvalue weighted by Gasteiger charge is -2.29. The average molecular weight is 421 g/mol. The SMILES string of the molecule is CCOc1ccc(Br)cc1C1C(C(=O)OC(C)C)=C(C)Nc2ncnn21. The normalized spacial score (nSPS) is 16.3. The van der Waals surface area contributed by atoms with Gasteiger partial charge in [-0.25, -0.2) is 9.48 Å². The molecule has 0 fully saturated rings. The van der Waals surface area contributed by atoms with Gasteiger partial charge in [0.1, 0.15) is 18.1 Å². The highest BCUT2D eigenvalue weighted by atomic mass is 79.9. The van der Waals surface area contributed by atoms with Crippen molar-refractivity contribution in [2.45, 2.75) is 39.8 Å². The predicted octanol–water partition coefficient (Wildman–Crippen LogP) is 3.68. The van der Waals surface area contributed by atoms with Crippen molar-refractivity contribution in [2.24, 2.45) is 0 Å². The highest BCUT2D eigenvalue weighted by Crippen LogP contribution is 2.40. The topological polar surface area (TPSA) is 78.3 Å². The van der Waals surface area contributed by atoms with E-state index in [9.17, 15) is 4.79 Å². The standard InChI is InChI=1S/C18H21BrN4O3/c1-5-25-14-7-6-12(19)8-13(14)16-15(17(24)26-10(2)3)11(4)22-18-20-9-21-23(16)18/h6-10,16H,5H2,1-4H3,(H,20,21,22). The predicted molar refractivity (Wildman–Crippen MR) is 101 cm³/mol. The molecular formula is C18H21BrN4O3. The third-order valence-electron chi connectivity index (χ3n) is 3.92. The Morgan fingerprint density at radius 3 is 2.88 bits per heavy atom. The van der Waals surface area contributed by atoms with Gasteiger partial charge in [-0.3, -0.25) is 0 Å². The zero-order valence-corrected chi connectivity index (χ0v) is 16.7. The second-order valence-corrected chi connectivity index (χ2v) is 7.08. The summed E-state index contributed by atoms with van der Waals surface area (Å²) in [5, 5.41) is 7.45. The smallest absolute Gasteiger partial charge is 0.338 e. The fourth-order valence-corrected chi connectivity index (χ4v) is 3.32. The minimum absolute atomic E-state index is 0.227. The van der Waals surface area contributed by atoms with E-state index in [0.29, 0.717) is 29.6 Å². The number of hydrogen-bond acceptors (Lipinski definition) is 6. The number of ether oxygens (including phenoxy) is 2.